The molecule has 0 spiro atoms. The molecule has 0 fully saturated rings. The van der Waals surface area contributed by atoms with Crippen molar-refractivity contribution in [2.45, 2.75) is 13.3 Å². The molecule has 7 nitrogen and oxygen atoms in total. The highest BCUT2D eigenvalue weighted by atomic mass is 19.1. The molecule has 2 N–H and O–H groups in total. The fraction of sp³-hybridized carbons (Fsp3) is 0.182. The van der Waals surface area contributed by atoms with Gasteiger partial charge in [0.25, 0.3) is 5.91 Å². The molecule has 0 aliphatic rings. The van der Waals surface area contributed by atoms with E-state index in [-0.39, 0.29) is 18.5 Å². The fourth-order valence-corrected chi connectivity index (χ4v) is 2.97. The fourth-order valence-electron chi connectivity index (χ4n) is 2.97. The summed E-state index contributed by atoms with van der Waals surface area (Å²) < 4.78 is 31.7. The summed E-state index contributed by atoms with van der Waals surface area (Å²) in [7, 11) is 0. The zero-order valence-electron chi connectivity index (χ0n) is 16.6. The zero-order valence-corrected chi connectivity index (χ0v) is 16.6. The number of halogens is 2. The van der Waals surface area contributed by atoms with Gasteiger partial charge in [0.2, 0.25) is 5.91 Å². The third-order valence-electron chi connectivity index (χ3n) is 4.54. The van der Waals surface area contributed by atoms with Crippen molar-refractivity contribution in [2.75, 3.05) is 18.1 Å². The predicted octanol–water partition coefficient (Wildman–Crippen LogP) is 2.89. The molecule has 31 heavy (non-hydrogen) atoms. The minimum Gasteiger partial charge on any atom is -0.452 e. The van der Waals surface area contributed by atoms with Crippen LogP contribution in [0.25, 0.3) is 10.9 Å². The van der Waals surface area contributed by atoms with Crippen molar-refractivity contribution < 1.29 is 27.9 Å². The van der Waals surface area contributed by atoms with Gasteiger partial charge in [0.05, 0.1) is 16.8 Å². The average molecular weight is 427 g/mol. The van der Waals surface area contributed by atoms with Crippen molar-refractivity contribution >= 4 is 34.4 Å². The Kier molecular flexibility index (Phi) is 6.54. The smallest absolute Gasteiger partial charge is 0.340 e. The van der Waals surface area contributed by atoms with Crippen molar-refractivity contribution in [3.63, 3.8) is 0 Å². The summed E-state index contributed by atoms with van der Waals surface area (Å²) in [6.45, 7) is 0.899. The number of pyridine rings is 1. The van der Waals surface area contributed by atoms with Crippen molar-refractivity contribution in [3.05, 3.63) is 71.4 Å². The van der Waals surface area contributed by atoms with E-state index in [0.717, 1.165) is 0 Å². The van der Waals surface area contributed by atoms with Crippen molar-refractivity contribution in [2.24, 2.45) is 5.73 Å². The largest absolute Gasteiger partial charge is 0.452 e. The second-order valence-corrected chi connectivity index (χ2v) is 6.77. The summed E-state index contributed by atoms with van der Waals surface area (Å²) in [6, 6.07) is 10.6. The topological polar surface area (TPSA) is 103 Å². The van der Waals surface area contributed by atoms with Crippen LogP contribution in [0.3, 0.4) is 0 Å². The molecule has 0 saturated carbocycles. The Morgan fingerprint density at radius 2 is 1.71 bits per heavy atom. The molecule has 0 radical (unpaired) electrons. The molecule has 1 heterocycles. The number of rotatable bonds is 7. The van der Waals surface area contributed by atoms with Crippen LogP contribution in [-0.2, 0) is 14.3 Å². The van der Waals surface area contributed by atoms with E-state index in [1.807, 2.05) is 0 Å². The summed E-state index contributed by atoms with van der Waals surface area (Å²) >= 11 is 0. The third kappa shape index (κ3) is 5.39. The van der Waals surface area contributed by atoms with Crippen LogP contribution in [0.15, 0.2) is 48.5 Å². The first-order chi connectivity index (χ1) is 14.7. The highest BCUT2D eigenvalue weighted by molar-refractivity contribution is 5.99. The Balaban J connectivity index is 1.75. The lowest BCUT2D eigenvalue weighted by molar-refractivity contribution is -0.121. The molecule has 0 aliphatic heterocycles. The minimum absolute atomic E-state index is 0.0561. The number of carbonyl (C=O) groups excluding carboxylic acids is 3. The molecule has 0 atom stereocenters. The van der Waals surface area contributed by atoms with Gasteiger partial charge in [0.15, 0.2) is 6.61 Å². The molecule has 2 amide bonds. The summed E-state index contributed by atoms with van der Waals surface area (Å²) in [4.78, 5) is 41.7. The number of esters is 1. The lowest BCUT2D eigenvalue weighted by Crippen LogP contribution is -2.37. The molecular weight excluding hydrogens is 408 g/mol. The number of hydrogen-bond donors (Lipinski definition) is 1. The highest BCUT2D eigenvalue weighted by Crippen LogP contribution is 2.19. The summed E-state index contributed by atoms with van der Waals surface area (Å²) in [5, 5.41) is 0.541. The number of nitrogens with two attached hydrogens (primary N) is 1. The number of primary amides is 1. The number of fused-ring (bicyclic) bond motifs is 1. The first-order valence-corrected chi connectivity index (χ1v) is 9.33. The standard InChI is InChI=1S/C22H19F2N3O4/c1-13-18(10-14-2-3-16(24)11-19(14)26-13)22(30)31-12-21(29)27(9-8-20(25)28)17-6-4-15(23)5-7-17/h2-7,10-11H,8-9,12H2,1H3,(H2,25,28). The second-order valence-electron chi connectivity index (χ2n) is 6.77. The SMILES string of the molecule is Cc1nc2cc(F)ccc2cc1C(=O)OCC(=O)N(CCC(N)=O)c1ccc(F)cc1. The Morgan fingerprint density at radius 1 is 1.03 bits per heavy atom. The Bertz CT molecular complexity index is 1150. The normalized spacial score (nSPS) is 10.7. The van der Waals surface area contributed by atoms with Crippen LogP contribution >= 0.6 is 0 Å². The lowest BCUT2D eigenvalue weighted by Gasteiger charge is -2.22. The minimum atomic E-state index is -0.779. The third-order valence-corrected chi connectivity index (χ3v) is 4.54. The van der Waals surface area contributed by atoms with Gasteiger partial charge in [-0.25, -0.2) is 13.6 Å². The van der Waals surface area contributed by atoms with Crippen LogP contribution in [-0.4, -0.2) is 35.9 Å². The molecule has 0 bridgehead atoms. The summed E-state index contributed by atoms with van der Waals surface area (Å²) in [5.74, 6) is -2.95. The van der Waals surface area contributed by atoms with E-state index >= 15 is 0 Å². The predicted molar refractivity (Wildman–Crippen MR) is 109 cm³/mol. The number of hydrogen-bond acceptors (Lipinski definition) is 5. The highest BCUT2D eigenvalue weighted by Gasteiger charge is 2.20. The molecule has 1 aromatic heterocycles. The molecule has 2 aromatic carbocycles. The quantitative estimate of drug-likeness (QED) is 0.584. The first-order valence-electron chi connectivity index (χ1n) is 9.33. The van der Waals surface area contributed by atoms with Gasteiger partial charge in [-0.05, 0) is 49.4 Å². The maximum atomic E-state index is 13.4. The van der Waals surface area contributed by atoms with Gasteiger partial charge < -0.3 is 15.4 Å². The Hall–Kier alpha value is -3.88. The van der Waals surface area contributed by atoms with Crippen molar-refractivity contribution in [1.82, 2.24) is 4.98 Å². The Labute approximate surface area is 176 Å². The van der Waals surface area contributed by atoms with Gasteiger partial charge in [-0.3, -0.25) is 14.6 Å². The molecule has 160 valence electrons. The lowest BCUT2D eigenvalue weighted by atomic mass is 10.1. The van der Waals surface area contributed by atoms with Crippen molar-refractivity contribution in [1.29, 1.82) is 0 Å². The maximum absolute atomic E-state index is 13.4. The number of aromatic nitrogens is 1. The summed E-state index contributed by atoms with van der Waals surface area (Å²) in [6.07, 6.45) is -0.124. The van der Waals surface area contributed by atoms with Crippen LogP contribution in [0, 0.1) is 18.6 Å². The van der Waals surface area contributed by atoms with E-state index < -0.39 is 36.0 Å². The number of nitrogens with zero attached hydrogens (tertiary/aromatic N) is 2. The summed E-state index contributed by atoms with van der Waals surface area (Å²) in [5.41, 5.74) is 6.33. The van der Waals surface area contributed by atoms with E-state index in [1.54, 1.807) is 6.92 Å². The molecule has 3 aromatic rings. The van der Waals surface area contributed by atoms with Gasteiger partial charge in [-0.1, -0.05) is 0 Å². The van der Waals surface area contributed by atoms with Gasteiger partial charge in [0, 0.05) is 30.1 Å². The number of carbonyl (C=O) groups is 3. The van der Waals surface area contributed by atoms with Crippen molar-refractivity contribution in [3.8, 4) is 0 Å². The number of benzene rings is 2. The van der Waals surface area contributed by atoms with E-state index in [4.69, 9.17) is 10.5 Å². The van der Waals surface area contributed by atoms with E-state index in [0.29, 0.717) is 22.3 Å². The number of amides is 2. The number of aryl methyl sites for hydroxylation is 1. The Morgan fingerprint density at radius 3 is 2.39 bits per heavy atom. The second kappa shape index (κ2) is 9.29. The number of ether oxygens (including phenoxy) is 1. The molecule has 0 aliphatic carbocycles. The van der Waals surface area contributed by atoms with Crippen LogP contribution in [0.2, 0.25) is 0 Å². The van der Waals surface area contributed by atoms with Crippen LogP contribution < -0.4 is 10.6 Å². The molecule has 0 saturated heterocycles. The molecule has 9 heteroatoms. The van der Waals surface area contributed by atoms with Gasteiger partial charge in [-0.15, -0.1) is 0 Å². The van der Waals surface area contributed by atoms with Crippen LogP contribution in [0.5, 0.6) is 0 Å². The first kappa shape index (κ1) is 21.8. The molecular formula is C22H19F2N3O4. The molecule has 3 rings (SSSR count). The van der Waals surface area contributed by atoms with E-state index in [1.165, 1.54) is 53.4 Å². The van der Waals surface area contributed by atoms with Gasteiger partial charge >= 0.3 is 5.97 Å². The van der Waals surface area contributed by atoms with E-state index in [9.17, 15) is 23.2 Å². The number of anilines is 1. The zero-order chi connectivity index (χ0) is 22.5. The molecule has 0 unspecified atom stereocenters. The van der Waals surface area contributed by atoms with Gasteiger partial charge in [0.1, 0.15) is 11.6 Å². The average Bonchev–Trinajstić information content (AvgIpc) is 2.72. The van der Waals surface area contributed by atoms with Crippen LogP contribution in [0.1, 0.15) is 22.5 Å². The van der Waals surface area contributed by atoms with Gasteiger partial charge in [-0.2, -0.15) is 0 Å². The van der Waals surface area contributed by atoms with E-state index in [2.05, 4.69) is 4.98 Å². The van der Waals surface area contributed by atoms with Crippen LogP contribution in [0.4, 0.5) is 14.5 Å². The maximum Gasteiger partial charge on any atom is 0.340 e. The monoisotopic (exact) mass is 427 g/mol.